The van der Waals surface area contributed by atoms with Gasteiger partial charge in [0.15, 0.2) is 5.13 Å². The van der Waals surface area contributed by atoms with E-state index in [1.807, 2.05) is 12.3 Å². The van der Waals surface area contributed by atoms with Crippen LogP contribution in [0, 0.1) is 6.92 Å². The van der Waals surface area contributed by atoms with E-state index in [-0.39, 0.29) is 5.91 Å². The number of nitrogens with zero attached hydrogens (tertiary/aromatic N) is 2. The molecule has 0 aliphatic carbocycles. The zero-order valence-corrected chi connectivity index (χ0v) is 11.9. The number of hydrogen-bond donors (Lipinski definition) is 2. The van der Waals surface area contributed by atoms with Crippen molar-refractivity contribution in [2.45, 2.75) is 50.7 Å². The lowest BCUT2D eigenvalue weighted by molar-refractivity contribution is -0.118. The van der Waals surface area contributed by atoms with Gasteiger partial charge in [-0.15, -0.1) is 11.3 Å². The predicted octanol–water partition coefficient (Wildman–Crippen LogP) is 1.34. The SMILES string of the molecule is Cc1csc(NC(=O)CN2C3CCC2CC(N)C3)n1. The maximum Gasteiger partial charge on any atom is 0.240 e. The van der Waals surface area contributed by atoms with Gasteiger partial charge < -0.3 is 11.1 Å². The fourth-order valence-corrected chi connectivity index (χ4v) is 4.01. The Morgan fingerprint density at radius 1 is 1.53 bits per heavy atom. The van der Waals surface area contributed by atoms with Gasteiger partial charge in [0.1, 0.15) is 0 Å². The maximum absolute atomic E-state index is 12.1. The maximum atomic E-state index is 12.1. The van der Waals surface area contributed by atoms with Gasteiger partial charge in [-0.05, 0) is 32.6 Å². The molecule has 3 rings (SSSR count). The predicted molar refractivity (Wildman–Crippen MR) is 76.2 cm³/mol. The van der Waals surface area contributed by atoms with Crippen LogP contribution in [0.3, 0.4) is 0 Å². The number of carbonyl (C=O) groups is 1. The van der Waals surface area contributed by atoms with Crippen LogP contribution in [0.15, 0.2) is 5.38 Å². The summed E-state index contributed by atoms with van der Waals surface area (Å²) in [7, 11) is 0. The fourth-order valence-electron chi connectivity index (χ4n) is 3.31. The van der Waals surface area contributed by atoms with Gasteiger partial charge in [0, 0.05) is 23.5 Å². The average molecular weight is 280 g/mol. The van der Waals surface area contributed by atoms with Crippen molar-refractivity contribution in [2.24, 2.45) is 5.73 Å². The van der Waals surface area contributed by atoms with Gasteiger partial charge in [-0.3, -0.25) is 9.69 Å². The largest absolute Gasteiger partial charge is 0.328 e. The van der Waals surface area contributed by atoms with E-state index in [4.69, 9.17) is 5.73 Å². The summed E-state index contributed by atoms with van der Waals surface area (Å²) in [4.78, 5) is 18.7. The molecule has 0 radical (unpaired) electrons. The van der Waals surface area contributed by atoms with Crippen molar-refractivity contribution in [1.29, 1.82) is 0 Å². The number of hydrogen-bond acceptors (Lipinski definition) is 5. The summed E-state index contributed by atoms with van der Waals surface area (Å²) in [5, 5.41) is 5.53. The Kier molecular flexibility index (Phi) is 3.56. The van der Waals surface area contributed by atoms with Gasteiger partial charge in [-0.25, -0.2) is 4.98 Å². The van der Waals surface area contributed by atoms with Crippen molar-refractivity contribution >= 4 is 22.4 Å². The van der Waals surface area contributed by atoms with Crippen molar-refractivity contribution in [3.8, 4) is 0 Å². The Hall–Kier alpha value is -0.980. The molecule has 2 saturated heterocycles. The van der Waals surface area contributed by atoms with Gasteiger partial charge in [0.2, 0.25) is 5.91 Å². The minimum atomic E-state index is 0.0433. The molecule has 1 amide bonds. The molecule has 0 aromatic carbocycles. The molecule has 2 fully saturated rings. The quantitative estimate of drug-likeness (QED) is 0.876. The fraction of sp³-hybridized carbons (Fsp3) is 0.692. The highest BCUT2D eigenvalue weighted by atomic mass is 32.1. The van der Waals surface area contributed by atoms with Crippen molar-refractivity contribution in [3.63, 3.8) is 0 Å². The van der Waals surface area contributed by atoms with E-state index in [1.165, 1.54) is 24.2 Å². The first-order valence-electron chi connectivity index (χ1n) is 6.85. The first-order valence-corrected chi connectivity index (χ1v) is 7.73. The topological polar surface area (TPSA) is 71.2 Å². The molecule has 2 aliphatic heterocycles. The van der Waals surface area contributed by atoms with Crippen LogP contribution in [0.4, 0.5) is 5.13 Å². The van der Waals surface area contributed by atoms with Crippen LogP contribution < -0.4 is 11.1 Å². The van der Waals surface area contributed by atoms with Crippen LogP contribution in [0.2, 0.25) is 0 Å². The van der Waals surface area contributed by atoms with E-state index in [9.17, 15) is 4.79 Å². The van der Waals surface area contributed by atoms with E-state index < -0.39 is 0 Å². The molecule has 19 heavy (non-hydrogen) atoms. The van der Waals surface area contributed by atoms with Crippen LogP contribution in [-0.2, 0) is 4.79 Å². The zero-order valence-electron chi connectivity index (χ0n) is 11.1. The molecule has 3 heterocycles. The van der Waals surface area contributed by atoms with Crippen molar-refractivity contribution in [2.75, 3.05) is 11.9 Å². The molecule has 2 unspecified atom stereocenters. The number of rotatable bonds is 3. The van der Waals surface area contributed by atoms with Gasteiger partial charge >= 0.3 is 0 Å². The molecular weight excluding hydrogens is 260 g/mol. The molecule has 6 heteroatoms. The molecule has 0 saturated carbocycles. The summed E-state index contributed by atoms with van der Waals surface area (Å²) in [6, 6.07) is 1.31. The van der Waals surface area contributed by atoms with Gasteiger partial charge in [-0.2, -0.15) is 0 Å². The molecular formula is C13H20N4OS. The van der Waals surface area contributed by atoms with Crippen LogP contribution in [-0.4, -0.2) is 40.5 Å². The number of piperidine rings is 1. The van der Waals surface area contributed by atoms with E-state index >= 15 is 0 Å². The summed E-state index contributed by atoms with van der Waals surface area (Å²) in [5.41, 5.74) is 6.99. The monoisotopic (exact) mass is 280 g/mol. The molecule has 1 aromatic heterocycles. The molecule has 3 N–H and O–H groups in total. The van der Waals surface area contributed by atoms with Gasteiger partial charge in [0.05, 0.1) is 12.2 Å². The lowest BCUT2D eigenvalue weighted by Gasteiger charge is -2.37. The standard InChI is InChI=1S/C13H20N4OS/c1-8-7-19-13(15-8)16-12(18)6-17-10-2-3-11(17)5-9(14)4-10/h7,9-11H,2-6,14H2,1H3,(H,15,16,18). The van der Waals surface area contributed by atoms with Gasteiger partial charge in [0.25, 0.3) is 0 Å². The molecule has 5 nitrogen and oxygen atoms in total. The second-order valence-electron chi connectivity index (χ2n) is 5.63. The Labute approximate surface area is 117 Å². The summed E-state index contributed by atoms with van der Waals surface area (Å²) in [6.45, 7) is 2.40. The highest BCUT2D eigenvalue weighted by molar-refractivity contribution is 7.13. The number of thiazole rings is 1. The summed E-state index contributed by atoms with van der Waals surface area (Å²) in [5.74, 6) is 0.0433. The van der Waals surface area contributed by atoms with Crippen molar-refractivity contribution in [1.82, 2.24) is 9.88 Å². The lowest BCUT2D eigenvalue weighted by atomic mass is 9.98. The minimum absolute atomic E-state index is 0.0433. The smallest absolute Gasteiger partial charge is 0.240 e. The third-order valence-electron chi connectivity index (χ3n) is 4.11. The molecule has 2 atom stereocenters. The molecule has 2 aliphatic rings. The van der Waals surface area contributed by atoms with Crippen molar-refractivity contribution in [3.05, 3.63) is 11.1 Å². The summed E-state index contributed by atoms with van der Waals surface area (Å²) in [6.07, 6.45) is 4.42. The molecule has 2 bridgehead atoms. The molecule has 0 spiro atoms. The zero-order chi connectivity index (χ0) is 13.4. The molecule has 104 valence electrons. The highest BCUT2D eigenvalue weighted by Gasteiger charge is 2.40. The Morgan fingerprint density at radius 2 is 2.21 bits per heavy atom. The molecule has 1 aromatic rings. The van der Waals surface area contributed by atoms with Crippen LogP contribution in [0.25, 0.3) is 0 Å². The number of carbonyl (C=O) groups excluding carboxylic acids is 1. The number of amides is 1. The Balaban J connectivity index is 1.58. The van der Waals surface area contributed by atoms with Crippen LogP contribution in [0.5, 0.6) is 0 Å². The highest BCUT2D eigenvalue weighted by Crippen LogP contribution is 2.34. The number of nitrogens with two attached hydrogens (primary N) is 1. The minimum Gasteiger partial charge on any atom is -0.328 e. The van der Waals surface area contributed by atoms with Crippen LogP contribution >= 0.6 is 11.3 Å². The number of aryl methyl sites for hydroxylation is 1. The number of fused-ring (bicyclic) bond motifs is 2. The first-order chi connectivity index (χ1) is 9.11. The summed E-state index contributed by atoms with van der Waals surface area (Å²) < 4.78 is 0. The number of aromatic nitrogens is 1. The second-order valence-corrected chi connectivity index (χ2v) is 6.49. The number of nitrogens with one attached hydrogen (secondary N) is 1. The van der Waals surface area contributed by atoms with E-state index in [0.29, 0.717) is 29.8 Å². The van der Waals surface area contributed by atoms with Crippen molar-refractivity contribution < 1.29 is 4.79 Å². The van der Waals surface area contributed by atoms with E-state index in [1.54, 1.807) is 0 Å². The number of anilines is 1. The lowest BCUT2D eigenvalue weighted by Crippen LogP contribution is -2.49. The normalized spacial score (nSPS) is 30.5. The third-order valence-corrected chi connectivity index (χ3v) is 4.99. The first kappa shape index (κ1) is 13.0. The third kappa shape index (κ3) is 2.80. The van der Waals surface area contributed by atoms with E-state index in [2.05, 4.69) is 15.2 Å². The van der Waals surface area contributed by atoms with Crippen LogP contribution in [0.1, 0.15) is 31.4 Å². The average Bonchev–Trinajstić information content (AvgIpc) is 2.83. The summed E-state index contributed by atoms with van der Waals surface area (Å²) >= 11 is 1.48. The Bertz CT molecular complexity index is 461. The van der Waals surface area contributed by atoms with Gasteiger partial charge in [-0.1, -0.05) is 0 Å². The Morgan fingerprint density at radius 3 is 2.79 bits per heavy atom. The second kappa shape index (κ2) is 5.19. The van der Waals surface area contributed by atoms with E-state index in [0.717, 1.165) is 18.5 Å².